The second-order valence-corrected chi connectivity index (χ2v) is 8.36. The number of aromatic nitrogens is 3. The fraction of sp³-hybridized carbons (Fsp3) is 0.545. The van der Waals surface area contributed by atoms with Crippen molar-refractivity contribution in [2.24, 2.45) is 5.92 Å². The number of rotatable bonds is 7. The van der Waals surface area contributed by atoms with Crippen molar-refractivity contribution in [3.63, 3.8) is 0 Å². The predicted octanol–water partition coefficient (Wildman–Crippen LogP) is 1.95. The molecule has 0 bridgehead atoms. The summed E-state index contributed by atoms with van der Waals surface area (Å²) in [5, 5.41) is 4.24. The summed E-state index contributed by atoms with van der Waals surface area (Å²) in [5.74, 6) is 0.820. The third-order valence-corrected chi connectivity index (χ3v) is 5.15. The molecule has 0 aliphatic carbocycles. The first-order chi connectivity index (χ1) is 14.7. The van der Waals surface area contributed by atoms with Gasteiger partial charge < -0.3 is 14.5 Å². The molecule has 1 fully saturated rings. The molecule has 1 aliphatic heterocycles. The van der Waals surface area contributed by atoms with E-state index in [0.717, 1.165) is 0 Å². The van der Waals surface area contributed by atoms with Gasteiger partial charge in [-0.1, -0.05) is 32.0 Å². The fourth-order valence-electron chi connectivity index (χ4n) is 3.65. The minimum atomic E-state index is -0.424. The Morgan fingerprint density at radius 2 is 2.00 bits per heavy atom. The summed E-state index contributed by atoms with van der Waals surface area (Å²) >= 11 is 0. The maximum atomic E-state index is 14.0. The first-order valence-electron chi connectivity index (χ1n) is 10.5. The molecule has 0 N–H and O–H groups in total. The number of ether oxygens (including phenoxy) is 1. The number of amides is 2. The van der Waals surface area contributed by atoms with Gasteiger partial charge in [-0.05, 0) is 25.8 Å². The van der Waals surface area contributed by atoms with Gasteiger partial charge in [0.05, 0.1) is 19.3 Å². The average Bonchev–Trinajstić information content (AvgIpc) is 2.92. The van der Waals surface area contributed by atoms with E-state index in [-0.39, 0.29) is 49.8 Å². The molecule has 31 heavy (non-hydrogen) atoms. The van der Waals surface area contributed by atoms with Gasteiger partial charge in [0, 0.05) is 25.2 Å². The summed E-state index contributed by atoms with van der Waals surface area (Å²) in [6.45, 7) is 8.86. The Morgan fingerprint density at radius 1 is 1.26 bits per heavy atom. The van der Waals surface area contributed by atoms with E-state index < -0.39 is 6.10 Å². The van der Waals surface area contributed by atoms with Gasteiger partial charge in [0.1, 0.15) is 24.0 Å². The monoisotopic (exact) mass is 431 g/mol. The first kappa shape index (κ1) is 22.9. The molecule has 9 heteroatoms. The van der Waals surface area contributed by atoms with Crippen molar-refractivity contribution in [2.45, 2.75) is 47.0 Å². The summed E-state index contributed by atoms with van der Waals surface area (Å²) < 4.78 is 21.5. The fourth-order valence-corrected chi connectivity index (χ4v) is 3.65. The van der Waals surface area contributed by atoms with Crippen LogP contribution in [-0.2, 0) is 27.5 Å². The number of halogens is 1. The Kier molecular flexibility index (Phi) is 7.37. The van der Waals surface area contributed by atoms with Crippen molar-refractivity contribution in [1.29, 1.82) is 0 Å². The van der Waals surface area contributed by atoms with Crippen LogP contribution in [-0.4, -0.2) is 68.7 Å². The molecule has 8 nitrogen and oxygen atoms in total. The SMILES string of the molecule is Cc1nc(C)n(CC(=O)N2CC(=O)N(CC(C)C)C[C@@H](OCc3ccccc3F)C2)n1. The number of aryl methyl sites for hydroxylation is 2. The molecule has 1 aromatic carbocycles. The van der Waals surface area contributed by atoms with Crippen LogP contribution in [0.15, 0.2) is 24.3 Å². The van der Waals surface area contributed by atoms with E-state index in [0.29, 0.717) is 30.3 Å². The number of carbonyl (C=O) groups excluding carboxylic acids is 2. The van der Waals surface area contributed by atoms with Crippen molar-refractivity contribution >= 4 is 11.8 Å². The van der Waals surface area contributed by atoms with Crippen LogP contribution >= 0.6 is 0 Å². The second kappa shape index (κ2) is 10.00. The van der Waals surface area contributed by atoms with Gasteiger partial charge in [0.2, 0.25) is 11.8 Å². The van der Waals surface area contributed by atoms with Crippen molar-refractivity contribution in [3.05, 3.63) is 47.3 Å². The Bertz CT molecular complexity index is 930. The molecule has 0 radical (unpaired) electrons. The van der Waals surface area contributed by atoms with Crippen LogP contribution in [0.3, 0.4) is 0 Å². The number of nitrogens with zero attached hydrogens (tertiary/aromatic N) is 5. The van der Waals surface area contributed by atoms with E-state index in [2.05, 4.69) is 10.1 Å². The molecule has 2 aromatic rings. The zero-order valence-electron chi connectivity index (χ0n) is 18.5. The van der Waals surface area contributed by atoms with E-state index in [4.69, 9.17) is 4.74 Å². The standard InChI is InChI=1S/C22H30FN5O3/c1-15(2)9-26-10-19(31-14-18-7-5-6-8-20(18)23)11-27(12-21(26)29)22(30)13-28-17(4)24-16(3)25-28/h5-8,15,19H,9-14H2,1-4H3/t19-/m1/s1. The van der Waals surface area contributed by atoms with Crippen LogP contribution in [0.4, 0.5) is 4.39 Å². The lowest BCUT2D eigenvalue weighted by Gasteiger charge is -2.26. The second-order valence-electron chi connectivity index (χ2n) is 8.36. The Hall–Kier alpha value is -2.81. The molecule has 1 atom stereocenters. The smallest absolute Gasteiger partial charge is 0.244 e. The Labute approximate surface area is 182 Å². The third kappa shape index (κ3) is 6.10. The molecule has 0 saturated carbocycles. The predicted molar refractivity (Wildman–Crippen MR) is 112 cm³/mol. The topological polar surface area (TPSA) is 80.6 Å². The summed E-state index contributed by atoms with van der Waals surface area (Å²) in [6, 6.07) is 6.43. The summed E-state index contributed by atoms with van der Waals surface area (Å²) in [7, 11) is 0. The van der Waals surface area contributed by atoms with Crippen molar-refractivity contribution < 1.29 is 18.7 Å². The van der Waals surface area contributed by atoms with Gasteiger partial charge in [-0.3, -0.25) is 9.59 Å². The maximum absolute atomic E-state index is 14.0. The molecule has 3 rings (SSSR count). The van der Waals surface area contributed by atoms with Crippen molar-refractivity contribution in [3.8, 4) is 0 Å². The minimum absolute atomic E-state index is 0.00413. The highest BCUT2D eigenvalue weighted by Gasteiger charge is 2.31. The zero-order valence-corrected chi connectivity index (χ0v) is 18.5. The van der Waals surface area contributed by atoms with Crippen LogP contribution in [0.25, 0.3) is 0 Å². The molecule has 0 unspecified atom stereocenters. The van der Waals surface area contributed by atoms with Crippen molar-refractivity contribution in [1.82, 2.24) is 24.6 Å². The number of hydrogen-bond donors (Lipinski definition) is 0. The summed E-state index contributed by atoms with van der Waals surface area (Å²) in [6.07, 6.45) is -0.424. The lowest BCUT2D eigenvalue weighted by Crippen LogP contribution is -2.42. The van der Waals surface area contributed by atoms with Crippen molar-refractivity contribution in [2.75, 3.05) is 26.2 Å². The molecule has 168 valence electrons. The maximum Gasteiger partial charge on any atom is 0.244 e. The lowest BCUT2D eigenvalue weighted by molar-refractivity contribution is -0.139. The minimum Gasteiger partial charge on any atom is -0.370 e. The highest BCUT2D eigenvalue weighted by molar-refractivity contribution is 5.85. The summed E-state index contributed by atoms with van der Waals surface area (Å²) in [5.41, 5.74) is 0.445. The lowest BCUT2D eigenvalue weighted by atomic mass is 10.2. The van der Waals surface area contributed by atoms with Gasteiger partial charge in [-0.25, -0.2) is 14.1 Å². The van der Waals surface area contributed by atoms with Crippen LogP contribution in [0, 0.1) is 25.6 Å². The number of hydrogen-bond acceptors (Lipinski definition) is 5. The van der Waals surface area contributed by atoms with Gasteiger partial charge in [0.25, 0.3) is 0 Å². The summed E-state index contributed by atoms with van der Waals surface area (Å²) in [4.78, 5) is 33.3. The van der Waals surface area contributed by atoms with Gasteiger partial charge in [-0.15, -0.1) is 0 Å². The van der Waals surface area contributed by atoms with E-state index in [1.54, 1.807) is 36.9 Å². The molecule has 1 aliphatic rings. The molecule has 1 aromatic heterocycles. The van der Waals surface area contributed by atoms with E-state index in [9.17, 15) is 14.0 Å². The highest BCUT2D eigenvalue weighted by atomic mass is 19.1. The van der Waals surface area contributed by atoms with Gasteiger partial charge in [0.15, 0.2) is 0 Å². The van der Waals surface area contributed by atoms with E-state index >= 15 is 0 Å². The Morgan fingerprint density at radius 3 is 2.65 bits per heavy atom. The molecule has 1 saturated heterocycles. The molecule has 2 amide bonds. The van der Waals surface area contributed by atoms with Crippen LogP contribution < -0.4 is 0 Å². The normalized spacial score (nSPS) is 17.4. The van der Waals surface area contributed by atoms with Gasteiger partial charge in [-0.2, -0.15) is 5.10 Å². The zero-order chi connectivity index (χ0) is 22.5. The third-order valence-electron chi connectivity index (χ3n) is 5.15. The van der Waals surface area contributed by atoms with E-state index in [1.165, 1.54) is 15.6 Å². The largest absolute Gasteiger partial charge is 0.370 e. The quantitative estimate of drug-likeness (QED) is 0.669. The molecular formula is C22H30FN5O3. The Balaban J connectivity index is 1.74. The number of benzene rings is 1. The first-order valence-corrected chi connectivity index (χ1v) is 10.5. The molecule has 0 spiro atoms. The van der Waals surface area contributed by atoms with E-state index in [1.807, 2.05) is 13.8 Å². The molecule has 2 heterocycles. The van der Waals surface area contributed by atoms with Crippen LogP contribution in [0.2, 0.25) is 0 Å². The highest BCUT2D eigenvalue weighted by Crippen LogP contribution is 2.15. The number of carbonyl (C=O) groups is 2. The van der Waals surface area contributed by atoms with Crippen LogP contribution in [0.1, 0.15) is 31.1 Å². The van der Waals surface area contributed by atoms with Gasteiger partial charge >= 0.3 is 0 Å². The van der Waals surface area contributed by atoms with Crippen LogP contribution in [0.5, 0.6) is 0 Å². The average molecular weight is 432 g/mol. The molecular weight excluding hydrogens is 401 g/mol.